The summed E-state index contributed by atoms with van der Waals surface area (Å²) >= 11 is 0. The summed E-state index contributed by atoms with van der Waals surface area (Å²) in [4.78, 5) is 20.3. The molecule has 0 aromatic rings. The molecule has 7 heteroatoms. The van der Waals surface area contributed by atoms with E-state index in [1.807, 2.05) is 5.32 Å². The highest BCUT2D eigenvalue weighted by molar-refractivity contribution is 5.66. The van der Waals surface area contributed by atoms with Crippen LogP contribution in [-0.2, 0) is 4.74 Å². The van der Waals surface area contributed by atoms with Crippen LogP contribution in [0.5, 0.6) is 0 Å². The van der Waals surface area contributed by atoms with Crippen LogP contribution < -0.4 is 10.6 Å². The SMILES string of the molecule is CNC(=O)OCC(F)CNC(=O)O. The van der Waals surface area contributed by atoms with E-state index in [0.717, 1.165) is 0 Å². The standard InChI is InChI=1S/C6H11FN2O4/c1-8-6(12)13-3-4(7)2-9-5(10)11/h4,9H,2-3H2,1H3,(H,8,12)(H,10,11). The van der Waals surface area contributed by atoms with Gasteiger partial charge in [0.2, 0.25) is 0 Å². The van der Waals surface area contributed by atoms with Crippen LogP contribution in [0, 0.1) is 0 Å². The zero-order valence-corrected chi connectivity index (χ0v) is 7.04. The Kier molecular flexibility index (Phi) is 5.33. The second-order valence-electron chi connectivity index (χ2n) is 2.13. The monoisotopic (exact) mass is 194 g/mol. The lowest BCUT2D eigenvalue weighted by Crippen LogP contribution is -2.32. The van der Waals surface area contributed by atoms with E-state index in [0.29, 0.717) is 0 Å². The van der Waals surface area contributed by atoms with Crippen molar-refractivity contribution in [2.24, 2.45) is 0 Å². The number of amides is 2. The Morgan fingerprint density at radius 1 is 1.62 bits per heavy atom. The average Bonchev–Trinajstić information content (AvgIpc) is 2.10. The first-order valence-corrected chi connectivity index (χ1v) is 3.51. The molecule has 0 bridgehead atoms. The molecule has 13 heavy (non-hydrogen) atoms. The summed E-state index contributed by atoms with van der Waals surface area (Å²) in [6.07, 6.45) is -3.60. The van der Waals surface area contributed by atoms with Gasteiger partial charge in [0.1, 0.15) is 6.61 Å². The number of hydrogen-bond acceptors (Lipinski definition) is 3. The van der Waals surface area contributed by atoms with Gasteiger partial charge in [0.15, 0.2) is 6.17 Å². The van der Waals surface area contributed by atoms with Crippen LogP contribution in [0.25, 0.3) is 0 Å². The van der Waals surface area contributed by atoms with E-state index in [4.69, 9.17) is 5.11 Å². The maximum Gasteiger partial charge on any atom is 0.406 e. The Hall–Kier alpha value is -1.53. The molecular formula is C6H11FN2O4. The van der Waals surface area contributed by atoms with Crippen molar-refractivity contribution < 1.29 is 23.8 Å². The fourth-order valence-electron chi connectivity index (χ4n) is 0.495. The van der Waals surface area contributed by atoms with Crippen molar-refractivity contribution in [3.63, 3.8) is 0 Å². The highest BCUT2D eigenvalue weighted by Gasteiger charge is 2.10. The van der Waals surface area contributed by atoms with Gasteiger partial charge in [0.05, 0.1) is 6.54 Å². The minimum absolute atomic E-state index is 0.397. The average molecular weight is 194 g/mol. The van der Waals surface area contributed by atoms with Crippen molar-refractivity contribution in [1.29, 1.82) is 0 Å². The normalized spacial score (nSPS) is 11.5. The second kappa shape index (κ2) is 6.04. The summed E-state index contributed by atoms with van der Waals surface area (Å²) in [6.45, 7) is -0.869. The second-order valence-corrected chi connectivity index (χ2v) is 2.13. The molecule has 0 aromatic heterocycles. The molecule has 0 rings (SSSR count). The fraction of sp³-hybridized carbons (Fsp3) is 0.667. The lowest BCUT2D eigenvalue weighted by molar-refractivity contribution is 0.112. The van der Waals surface area contributed by atoms with E-state index < -0.39 is 31.5 Å². The Morgan fingerprint density at radius 3 is 2.69 bits per heavy atom. The number of rotatable bonds is 4. The smallest absolute Gasteiger partial charge is 0.406 e. The summed E-state index contributed by atoms with van der Waals surface area (Å²) in [6, 6.07) is 0. The minimum atomic E-state index is -1.53. The minimum Gasteiger partial charge on any atom is -0.465 e. The van der Waals surface area contributed by atoms with Gasteiger partial charge in [-0.3, -0.25) is 0 Å². The third-order valence-corrected chi connectivity index (χ3v) is 1.07. The van der Waals surface area contributed by atoms with Gasteiger partial charge in [-0.25, -0.2) is 14.0 Å². The molecule has 2 amide bonds. The number of alkyl carbamates (subject to hydrolysis) is 1. The maximum atomic E-state index is 12.6. The van der Waals surface area contributed by atoms with E-state index in [-0.39, 0.29) is 0 Å². The van der Waals surface area contributed by atoms with Gasteiger partial charge in [-0.05, 0) is 0 Å². The molecule has 0 saturated heterocycles. The van der Waals surface area contributed by atoms with Crippen LogP contribution in [0.2, 0.25) is 0 Å². The molecule has 0 aliphatic carbocycles. The van der Waals surface area contributed by atoms with Gasteiger partial charge in [0, 0.05) is 7.05 Å². The van der Waals surface area contributed by atoms with Gasteiger partial charge in [-0.1, -0.05) is 0 Å². The van der Waals surface area contributed by atoms with Crippen molar-refractivity contribution in [2.45, 2.75) is 6.17 Å². The van der Waals surface area contributed by atoms with Gasteiger partial charge >= 0.3 is 12.2 Å². The predicted molar refractivity (Wildman–Crippen MR) is 41.3 cm³/mol. The number of nitrogens with one attached hydrogen (secondary N) is 2. The summed E-state index contributed by atoms with van der Waals surface area (Å²) in [5, 5.41) is 12.0. The highest BCUT2D eigenvalue weighted by Crippen LogP contribution is 1.90. The molecule has 0 fully saturated rings. The summed E-state index contributed by atoms with van der Waals surface area (Å²) in [5.41, 5.74) is 0. The largest absolute Gasteiger partial charge is 0.465 e. The van der Waals surface area contributed by atoms with Crippen LogP contribution in [0.1, 0.15) is 0 Å². The molecule has 1 atom stereocenters. The molecule has 0 aromatic carbocycles. The lowest BCUT2D eigenvalue weighted by atomic mass is 10.4. The van der Waals surface area contributed by atoms with Crippen LogP contribution in [0.4, 0.5) is 14.0 Å². The lowest BCUT2D eigenvalue weighted by Gasteiger charge is -2.08. The van der Waals surface area contributed by atoms with Gasteiger partial charge in [-0.2, -0.15) is 0 Å². The number of carboxylic acid groups (broad SMARTS) is 1. The van der Waals surface area contributed by atoms with E-state index in [2.05, 4.69) is 10.1 Å². The zero-order valence-electron chi connectivity index (χ0n) is 7.04. The molecule has 1 unspecified atom stereocenters. The fourth-order valence-corrected chi connectivity index (χ4v) is 0.495. The first-order chi connectivity index (χ1) is 6.06. The molecule has 0 saturated carbocycles. The molecule has 0 heterocycles. The zero-order chi connectivity index (χ0) is 10.3. The van der Waals surface area contributed by atoms with E-state index in [1.165, 1.54) is 7.05 Å². The molecule has 3 N–H and O–H groups in total. The number of carbonyl (C=O) groups is 2. The number of carbonyl (C=O) groups excluding carboxylic acids is 1. The highest BCUT2D eigenvalue weighted by atomic mass is 19.1. The predicted octanol–water partition coefficient (Wildman–Crippen LogP) is -0.0519. The van der Waals surface area contributed by atoms with Crippen molar-refractivity contribution in [1.82, 2.24) is 10.6 Å². The van der Waals surface area contributed by atoms with Crippen molar-refractivity contribution >= 4 is 12.2 Å². The molecule has 0 radical (unpaired) electrons. The van der Waals surface area contributed by atoms with Crippen LogP contribution >= 0.6 is 0 Å². The number of halogens is 1. The Morgan fingerprint density at radius 2 is 2.23 bits per heavy atom. The molecule has 0 spiro atoms. The summed E-state index contributed by atoms with van der Waals surface area (Å²) in [5.74, 6) is 0. The van der Waals surface area contributed by atoms with E-state index in [1.54, 1.807) is 0 Å². The number of alkyl halides is 1. The molecule has 0 aliphatic rings. The van der Waals surface area contributed by atoms with E-state index in [9.17, 15) is 14.0 Å². The van der Waals surface area contributed by atoms with Crippen molar-refractivity contribution in [3.8, 4) is 0 Å². The molecule has 6 nitrogen and oxygen atoms in total. The third-order valence-electron chi connectivity index (χ3n) is 1.07. The van der Waals surface area contributed by atoms with Crippen LogP contribution in [0.15, 0.2) is 0 Å². The Labute approximate surface area is 74.1 Å². The Balaban J connectivity index is 3.45. The topological polar surface area (TPSA) is 87.7 Å². The van der Waals surface area contributed by atoms with Gasteiger partial charge < -0.3 is 20.5 Å². The van der Waals surface area contributed by atoms with Crippen LogP contribution in [-0.4, -0.2) is 43.7 Å². The quantitative estimate of drug-likeness (QED) is 0.585. The van der Waals surface area contributed by atoms with Crippen molar-refractivity contribution in [3.05, 3.63) is 0 Å². The first-order valence-electron chi connectivity index (χ1n) is 3.51. The van der Waals surface area contributed by atoms with Gasteiger partial charge in [0.25, 0.3) is 0 Å². The Bertz CT molecular complexity index is 187. The summed E-state index contributed by atoms with van der Waals surface area (Å²) < 4.78 is 17.0. The van der Waals surface area contributed by atoms with Crippen molar-refractivity contribution in [2.75, 3.05) is 20.2 Å². The molecular weight excluding hydrogens is 183 g/mol. The maximum absolute atomic E-state index is 12.6. The molecule has 0 aliphatic heterocycles. The molecule has 76 valence electrons. The van der Waals surface area contributed by atoms with E-state index >= 15 is 0 Å². The summed E-state index contributed by atoms with van der Waals surface area (Å²) in [7, 11) is 1.34. The van der Waals surface area contributed by atoms with Crippen LogP contribution in [0.3, 0.4) is 0 Å². The number of hydrogen-bond donors (Lipinski definition) is 3. The van der Waals surface area contributed by atoms with Gasteiger partial charge in [-0.15, -0.1) is 0 Å². The first kappa shape index (κ1) is 11.5. The third kappa shape index (κ3) is 6.85. The number of ether oxygens (including phenoxy) is 1.